The van der Waals surface area contributed by atoms with Gasteiger partial charge in [0.1, 0.15) is 11.4 Å². The number of ketones is 1. The molecule has 1 unspecified atom stereocenters. The van der Waals surface area contributed by atoms with Crippen molar-refractivity contribution in [3.8, 4) is 12.1 Å². The molecule has 0 heterocycles. The van der Waals surface area contributed by atoms with Crippen LogP contribution in [0, 0.1) is 22.7 Å². The first-order chi connectivity index (χ1) is 17.6. The van der Waals surface area contributed by atoms with Gasteiger partial charge in [0.25, 0.3) is 0 Å². The standard InChI is InChI=1S/C29H27N2O2PS2/c1-2-33-29(35)36-26(20-21-30)18-19-27(32)28(22-31)34(23-12-6-3-7-13-23,24-14-8-4-9-15-24)25-16-10-5-11-17-25/h3-17,26H,2,18-20H2,1H3. The predicted octanol–water partition coefficient (Wildman–Crippen LogP) is 5.36. The normalized spacial score (nSPS) is 11.5. The van der Waals surface area contributed by atoms with E-state index in [0.717, 1.165) is 15.9 Å². The Labute approximate surface area is 222 Å². The van der Waals surface area contributed by atoms with Crippen LogP contribution in [0.2, 0.25) is 0 Å². The van der Waals surface area contributed by atoms with E-state index >= 15 is 0 Å². The molecule has 0 fully saturated rings. The number of ether oxygens (including phenoxy) is 1. The minimum atomic E-state index is -2.75. The molecule has 0 aliphatic heterocycles. The molecule has 4 nitrogen and oxygen atoms in total. The van der Waals surface area contributed by atoms with Crippen molar-refractivity contribution in [1.82, 2.24) is 0 Å². The Hall–Kier alpha value is -3.15. The number of Topliss-reactive ketones (excluding diaryl/α,β-unsaturated/α-hetero) is 1. The Bertz CT molecular complexity index is 1210. The molecule has 0 bridgehead atoms. The maximum Gasteiger partial charge on any atom is 0.220 e. The third-order valence-electron chi connectivity index (χ3n) is 5.67. The average Bonchev–Trinajstić information content (AvgIpc) is 2.92. The van der Waals surface area contributed by atoms with Gasteiger partial charge in [-0.3, -0.25) is 4.79 Å². The second-order valence-electron chi connectivity index (χ2n) is 7.88. The van der Waals surface area contributed by atoms with Crippen LogP contribution < -0.4 is 15.9 Å². The molecule has 3 rings (SSSR count). The molecular formula is C29H27N2O2PS2. The van der Waals surface area contributed by atoms with Crippen LogP contribution in [0.3, 0.4) is 0 Å². The van der Waals surface area contributed by atoms with E-state index in [2.05, 4.69) is 12.1 Å². The molecule has 7 heteroatoms. The van der Waals surface area contributed by atoms with Crippen LogP contribution in [0.25, 0.3) is 0 Å². The quantitative estimate of drug-likeness (QED) is 0.259. The highest BCUT2D eigenvalue weighted by atomic mass is 32.2. The summed E-state index contributed by atoms with van der Waals surface area (Å²) in [4.78, 5) is 13.9. The first-order valence-corrected chi connectivity index (χ1v) is 14.7. The summed E-state index contributed by atoms with van der Waals surface area (Å²) in [7, 11) is 0. The van der Waals surface area contributed by atoms with Gasteiger partial charge in [-0.2, -0.15) is 10.5 Å². The molecule has 0 N–H and O–H groups in total. The molecule has 0 amide bonds. The zero-order valence-electron chi connectivity index (χ0n) is 20.0. The van der Waals surface area contributed by atoms with Crippen LogP contribution in [0.1, 0.15) is 26.2 Å². The Morgan fingerprint density at radius 2 is 1.39 bits per heavy atom. The van der Waals surface area contributed by atoms with Gasteiger partial charge in [0, 0.05) is 18.1 Å². The molecule has 36 heavy (non-hydrogen) atoms. The maximum absolute atomic E-state index is 13.9. The molecule has 0 aliphatic carbocycles. The van der Waals surface area contributed by atoms with Gasteiger partial charge in [-0.15, -0.1) is 0 Å². The van der Waals surface area contributed by atoms with Crippen molar-refractivity contribution in [3.05, 3.63) is 91.0 Å². The van der Waals surface area contributed by atoms with E-state index in [0.29, 0.717) is 17.4 Å². The lowest BCUT2D eigenvalue weighted by molar-refractivity contribution is -0.112. The number of carbonyl (C=O) groups is 1. The van der Waals surface area contributed by atoms with Gasteiger partial charge < -0.3 is 4.74 Å². The topological polar surface area (TPSA) is 73.9 Å². The molecule has 1 atom stereocenters. The summed E-state index contributed by atoms with van der Waals surface area (Å²) in [5, 5.41) is 22.7. The van der Waals surface area contributed by atoms with Gasteiger partial charge in [0.2, 0.25) is 4.38 Å². The molecule has 0 aliphatic rings. The zero-order chi connectivity index (χ0) is 25.8. The van der Waals surface area contributed by atoms with Crippen molar-refractivity contribution < 1.29 is 9.53 Å². The van der Waals surface area contributed by atoms with E-state index in [4.69, 9.17) is 17.0 Å². The highest BCUT2D eigenvalue weighted by Crippen LogP contribution is 2.46. The molecule has 0 radical (unpaired) electrons. The summed E-state index contributed by atoms with van der Waals surface area (Å²) in [6.45, 7) is -0.445. The highest BCUT2D eigenvalue weighted by Gasteiger charge is 2.33. The molecule has 3 aromatic carbocycles. The molecule has 182 valence electrons. The number of thioether (sulfide) groups is 1. The van der Waals surface area contributed by atoms with Crippen LogP contribution in [0.15, 0.2) is 91.0 Å². The van der Waals surface area contributed by atoms with Crippen molar-refractivity contribution in [2.75, 3.05) is 6.61 Å². The van der Waals surface area contributed by atoms with Crippen LogP contribution in [-0.2, 0) is 9.53 Å². The Morgan fingerprint density at radius 1 is 0.917 bits per heavy atom. The third-order valence-corrected chi connectivity index (χ3v) is 11.4. The smallest absolute Gasteiger partial charge is 0.220 e. The zero-order valence-corrected chi connectivity index (χ0v) is 22.6. The van der Waals surface area contributed by atoms with Crippen LogP contribution in [0.5, 0.6) is 0 Å². The monoisotopic (exact) mass is 530 g/mol. The molecule has 3 aromatic rings. The summed E-state index contributed by atoms with van der Waals surface area (Å²) in [5.74, 6) is -0.201. The van der Waals surface area contributed by atoms with Gasteiger partial charge >= 0.3 is 0 Å². The van der Waals surface area contributed by atoms with Crippen LogP contribution in [0.4, 0.5) is 0 Å². The molecule has 0 saturated carbocycles. The Balaban J connectivity index is 2.18. The van der Waals surface area contributed by atoms with E-state index in [-0.39, 0.29) is 29.2 Å². The number of nitriles is 2. The Morgan fingerprint density at radius 3 is 1.78 bits per heavy atom. The highest BCUT2D eigenvalue weighted by molar-refractivity contribution is 8.23. The number of hydrogen-bond donors (Lipinski definition) is 0. The fourth-order valence-corrected chi connectivity index (χ4v) is 9.66. The van der Waals surface area contributed by atoms with Crippen molar-refractivity contribution in [3.63, 3.8) is 0 Å². The first-order valence-electron chi connectivity index (χ1n) is 11.6. The number of thiocarbonyl (C=S) groups is 1. The average molecular weight is 531 g/mol. The summed E-state index contributed by atoms with van der Waals surface area (Å²) >= 11 is 6.55. The van der Waals surface area contributed by atoms with E-state index < -0.39 is 6.89 Å². The lowest BCUT2D eigenvalue weighted by Crippen LogP contribution is -2.33. The summed E-state index contributed by atoms with van der Waals surface area (Å²) in [6.07, 6.45) is 0.808. The van der Waals surface area contributed by atoms with E-state index in [1.54, 1.807) is 0 Å². The second kappa shape index (κ2) is 13.8. The number of benzene rings is 3. The number of hydrogen-bond acceptors (Lipinski definition) is 6. The summed E-state index contributed by atoms with van der Waals surface area (Å²) < 4.78 is 5.74. The fourth-order valence-electron chi connectivity index (χ4n) is 4.12. The van der Waals surface area contributed by atoms with Gasteiger partial charge in [0.15, 0.2) is 5.78 Å². The van der Waals surface area contributed by atoms with Crippen molar-refractivity contribution in [2.45, 2.75) is 31.4 Å². The van der Waals surface area contributed by atoms with Crippen molar-refractivity contribution in [2.24, 2.45) is 0 Å². The van der Waals surface area contributed by atoms with Crippen LogP contribution in [-0.4, -0.2) is 27.3 Å². The van der Waals surface area contributed by atoms with E-state index in [1.807, 2.05) is 97.9 Å². The summed E-state index contributed by atoms with van der Waals surface area (Å²) in [6, 6.07) is 34.1. The number of rotatable bonds is 10. The van der Waals surface area contributed by atoms with Crippen LogP contribution >= 0.6 is 30.9 Å². The Kier molecular flexibility index (Phi) is 10.5. The second-order valence-corrected chi connectivity index (χ2v) is 13.1. The fraction of sp³-hybridized carbons (Fsp3) is 0.207. The van der Waals surface area contributed by atoms with Gasteiger partial charge in [-0.25, -0.2) is 0 Å². The molecule has 0 spiro atoms. The minimum absolute atomic E-state index is 0.144. The first kappa shape index (κ1) is 27.4. The summed E-state index contributed by atoms with van der Waals surface area (Å²) in [5.41, 5.74) is 0. The van der Waals surface area contributed by atoms with E-state index in [1.165, 1.54) is 11.8 Å². The van der Waals surface area contributed by atoms with Gasteiger partial charge in [-0.1, -0.05) is 103 Å². The minimum Gasteiger partial charge on any atom is -0.479 e. The number of nitrogens with zero attached hydrogens (tertiary/aromatic N) is 2. The van der Waals surface area contributed by atoms with E-state index in [9.17, 15) is 15.3 Å². The van der Waals surface area contributed by atoms with Crippen molar-refractivity contribution >= 4 is 62.2 Å². The van der Waals surface area contributed by atoms with Crippen molar-refractivity contribution in [1.29, 1.82) is 10.5 Å². The number of carbonyl (C=O) groups excluding carboxylic acids is 1. The SMILES string of the molecule is CCOC(=S)SC(CC#N)CCC(=O)C(C#N)=P(c1ccccc1)(c1ccccc1)c1ccccc1. The third kappa shape index (κ3) is 6.34. The van der Waals surface area contributed by atoms with Gasteiger partial charge in [-0.05, 0) is 48.4 Å². The molecule has 0 saturated heterocycles. The maximum atomic E-state index is 13.9. The molecular weight excluding hydrogens is 503 g/mol. The molecule has 0 aromatic heterocycles. The lowest BCUT2D eigenvalue weighted by atomic mass is 10.1. The lowest BCUT2D eigenvalue weighted by Gasteiger charge is -2.30. The largest absolute Gasteiger partial charge is 0.479 e. The predicted molar refractivity (Wildman–Crippen MR) is 156 cm³/mol. The van der Waals surface area contributed by atoms with Gasteiger partial charge in [0.05, 0.1) is 12.7 Å².